The Balaban J connectivity index is 1.71. The lowest BCUT2D eigenvalue weighted by atomic mass is 9.99. The Morgan fingerprint density at radius 3 is 2.20 bits per heavy atom. The molecule has 0 unspecified atom stereocenters. The molecule has 6 nitrogen and oxygen atoms in total. The van der Waals surface area contributed by atoms with Crippen molar-refractivity contribution in [3.8, 4) is 0 Å². The summed E-state index contributed by atoms with van der Waals surface area (Å²) in [6, 6.07) is 19.2. The van der Waals surface area contributed by atoms with Gasteiger partial charge in [-0.3, -0.25) is 9.59 Å². The summed E-state index contributed by atoms with van der Waals surface area (Å²) in [6.07, 6.45) is 1.87. The lowest BCUT2D eigenvalue weighted by Crippen LogP contribution is -2.25. The highest BCUT2D eigenvalue weighted by molar-refractivity contribution is 8.03. The first-order chi connectivity index (χ1) is 22.1. The van der Waals surface area contributed by atoms with Gasteiger partial charge in [0.25, 0.3) is 0 Å². The summed E-state index contributed by atoms with van der Waals surface area (Å²) in [4.78, 5) is 43.5. The van der Waals surface area contributed by atoms with Gasteiger partial charge in [0.1, 0.15) is 5.71 Å². The Morgan fingerprint density at radius 2 is 1.59 bits per heavy atom. The van der Waals surface area contributed by atoms with Crippen LogP contribution in [-0.4, -0.2) is 45.6 Å². The lowest BCUT2D eigenvalue weighted by molar-refractivity contribution is -0.199. The number of Topliss-reactive ketones (excluding diaryl/α,β-unsaturated/α-hetero) is 1. The van der Waals surface area contributed by atoms with Crippen molar-refractivity contribution in [2.75, 3.05) is 11.6 Å². The van der Waals surface area contributed by atoms with E-state index in [1.54, 1.807) is 54.6 Å². The van der Waals surface area contributed by atoms with Gasteiger partial charge in [-0.15, -0.1) is 23.4 Å². The zero-order valence-corrected chi connectivity index (χ0v) is 26.8. The predicted octanol–water partition coefficient (Wildman–Crippen LogP) is 9.29. The van der Waals surface area contributed by atoms with E-state index in [1.165, 1.54) is 11.8 Å². The number of allylic oxidation sites excluding steroid dienone is 3. The first-order valence-corrected chi connectivity index (χ1v) is 16.2. The van der Waals surface area contributed by atoms with Gasteiger partial charge in [0.15, 0.2) is 5.78 Å². The van der Waals surface area contributed by atoms with Crippen molar-refractivity contribution in [3.05, 3.63) is 107 Å². The number of hydrogen-bond acceptors (Lipinski definition) is 6. The van der Waals surface area contributed by atoms with Crippen LogP contribution < -0.4 is 0 Å². The highest BCUT2D eigenvalue weighted by Gasteiger charge is 2.42. The number of ketones is 2. The van der Waals surface area contributed by atoms with Crippen LogP contribution >= 0.6 is 23.4 Å². The molecule has 0 aliphatic carbocycles. The van der Waals surface area contributed by atoms with E-state index in [-0.39, 0.29) is 29.2 Å². The van der Waals surface area contributed by atoms with Gasteiger partial charge in [-0.25, -0.2) is 4.79 Å². The molecule has 0 saturated heterocycles. The molecule has 0 atom stereocenters. The maximum absolute atomic E-state index is 13.7. The van der Waals surface area contributed by atoms with Gasteiger partial charge in [0, 0.05) is 68.0 Å². The molecule has 0 amide bonds. The molecule has 0 radical (unpaired) electrons. The monoisotopic (exact) mass is 668 g/mol. The number of rotatable bonds is 14. The molecular formula is C35H32ClF3N2O4S. The summed E-state index contributed by atoms with van der Waals surface area (Å²) in [5.74, 6) is -2.66. The minimum atomic E-state index is -5.27. The van der Waals surface area contributed by atoms with E-state index in [0.717, 1.165) is 27.7 Å². The van der Waals surface area contributed by atoms with Crippen LogP contribution in [0, 0.1) is 0 Å². The number of thioether (sulfide) groups is 1. The molecule has 0 saturated carbocycles. The minimum Gasteiger partial charge on any atom is -0.341 e. The number of aromatic nitrogens is 1. The van der Waals surface area contributed by atoms with Gasteiger partial charge in [-0.05, 0) is 56.2 Å². The van der Waals surface area contributed by atoms with Gasteiger partial charge in [-0.2, -0.15) is 13.2 Å². The molecule has 1 heterocycles. The van der Waals surface area contributed by atoms with Crippen LogP contribution in [0.5, 0.6) is 0 Å². The Labute approximate surface area is 273 Å². The second-order valence-electron chi connectivity index (χ2n) is 10.1. The van der Waals surface area contributed by atoms with Crippen molar-refractivity contribution in [3.63, 3.8) is 0 Å². The zero-order valence-electron chi connectivity index (χ0n) is 25.3. The Hall–Kier alpha value is -4.15. The highest BCUT2D eigenvalue weighted by atomic mass is 35.5. The fraction of sp³-hybridized carbons (Fsp3) is 0.257. The first kappa shape index (κ1) is 34.7. The third-order valence-corrected chi connectivity index (χ3v) is 8.32. The van der Waals surface area contributed by atoms with Gasteiger partial charge in [0.05, 0.1) is 0 Å². The number of aryl methyl sites for hydroxylation is 1. The molecule has 0 fully saturated rings. The molecular weight excluding hydrogens is 637 g/mol. The summed E-state index contributed by atoms with van der Waals surface area (Å²) >= 11 is 7.20. The fourth-order valence-electron chi connectivity index (χ4n) is 4.87. The lowest BCUT2D eigenvalue weighted by Gasteiger charge is -2.08. The Kier molecular flexibility index (Phi) is 12.0. The number of oxime groups is 1. The van der Waals surface area contributed by atoms with Crippen LogP contribution in [0.25, 0.3) is 21.8 Å². The number of benzene rings is 3. The van der Waals surface area contributed by atoms with Crippen molar-refractivity contribution in [2.24, 2.45) is 5.16 Å². The maximum Gasteiger partial charge on any atom is 0.493 e. The standard InChI is InChI=1S/C35H32ClF3N2O4S/c1-3-5-12-26(13-9-19-36)46-20-18-29(40-45-34(44)35(37,38)39)33(43)25-15-17-31-28(22-25)27-21-24(14-16-30(27)41(31)4-2)32(42)23-10-7-6-8-11-23/h5-8,10-17,21-22H,3-4,9,18-20H2,1-2H3/b12-5-,26-13+,40-29+. The summed E-state index contributed by atoms with van der Waals surface area (Å²) < 4.78 is 40.7. The third kappa shape index (κ3) is 8.35. The molecule has 3 aromatic carbocycles. The molecule has 0 aliphatic rings. The smallest absolute Gasteiger partial charge is 0.341 e. The molecule has 1 aromatic heterocycles. The van der Waals surface area contributed by atoms with E-state index in [2.05, 4.69) is 9.99 Å². The minimum absolute atomic E-state index is 0.0721. The summed E-state index contributed by atoms with van der Waals surface area (Å²) in [5.41, 5.74) is 2.49. The van der Waals surface area contributed by atoms with Gasteiger partial charge in [0.2, 0.25) is 5.78 Å². The van der Waals surface area contributed by atoms with Crippen LogP contribution in [0.1, 0.15) is 59.4 Å². The third-order valence-electron chi connectivity index (χ3n) is 7.05. The largest absolute Gasteiger partial charge is 0.493 e. The number of carbonyl (C=O) groups is 3. The van der Waals surface area contributed by atoms with E-state index in [9.17, 15) is 27.6 Å². The zero-order chi connectivity index (χ0) is 33.3. The topological polar surface area (TPSA) is 77.7 Å². The summed E-state index contributed by atoms with van der Waals surface area (Å²) in [5, 5.41) is 4.82. The molecule has 4 aromatic rings. The molecule has 0 bridgehead atoms. The Morgan fingerprint density at radius 1 is 0.935 bits per heavy atom. The number of nitrogens with zero attached hydrogens (tertiary/aromatic N) is 2. The maximum atomic E-state index is 13.7. The quantitative estimate of drug-likeness (QED) is 0.0334. The van der Waals surface area contributed by atoms with Crippen LogP contribution in [0.3, 0.4) is 0 Å². The predicted molar refractivity (Wildman–Crippen MR) is 179 cm³/mol. The number of alkyl halides is 4. The number of hydrogen-bond donors (Lipinski definition) is 0. The van der Waals surface area contributed by atoms with Crippen molar-refractivity contribution < 1.29 is 32.4 Å². The SMILES string of the molecule is CC/C=C\C(=C/CCCl)SCC/C(=N\OC(=O)C(F)(F)F)C(=O)c1ccc2c(c1)c1cc(C(=O)c3ccccc3)ccc1n2CC. The molecule has 0 aliphatic heterocycles. The normalized spacial score (nSPS) is 12.7. The van der Waals surface area contributed by atoms with E-state index in [1.807, 2.05) is 48.8 Å². The van der Waals surface area contributed by atoms with E-state index < -0.39 is 17.9 Å². The van der Waals surface area contributed by atoms with Crippen LogP contribution in [-0.2, 0) is 16.2 Å². The summed E-state index contributed by atoms with van der Waals surface area (Å²) in [6.45, 7) is 4.57. The molecule has 4 rings (SSSR count). The van der Waals surface area contributed by atoms with Crippen LogP contribution in [0.2, 0.25) is 0 Å². The Bertz CT molecular complexity index is 1830. The van der Waals surface area contributed by atoms with Gasteiger partial charge >= 0.3 is 12.1 Å². The van der Waals surface area contributed by atoms with Crippen molar-refractivity contribution in [1.29, 1.82) is 0 Å². The van der Waals surface area contributed by atoms with E-state index in [4.69, 9.17) is 11.6 Å². The molecule has 0 N–H and O–H groups in total. The molecule has 11 heteroatoms. The molecule has 240 valence electrons. The average Bonchev–Trinajstić information content (AvgIpc) is 3.38. The van der Waals surface area contributed by atoms with Gasteiger partial charge in [-0.1, -0.05) is 60.6 Å². The number of fused-ring (bicyclic) bond motifs is 3. The first-order valence-electron chi connectivity index (χ1n) is 14.7. The van der Waals surface area contributed by atoms with E-state index in [0.29, 0.717) is 35.4 Å². The number of carbonyl (C=O) groups excluding carboxylic acids is 3. The highest BCUT2D eigenvalue weighted by Crippen LogP contribution is 2.32. The second-order valence-corrected chi connectivity index (χ2v) is 11.7. The van der Waals surface area contributed by atoms with Crippen molar-refractivity contribution in [2.45, 2.75) is 45.8 Å². The second kappa shape index (κ2) is 15.9. The number of halogens is 4. The average molecular weight is 669 g/mol. The van der Waals surface area contributed by atoms with Crippen molar-refractivity contribution in [1.82, 2.24) is 4.57 Å². The molecule has 0 spiro atoms. The summed E-state index contributed by atoms with van der Waals surface area (Å²) in [7, 11) is 0. The van der Waals surface area contributed by atoms with Crippen LogP contribution in [0.4, 0.5) is 13.2 Å². The molecule has 46 heavy (non-hydrogen) atoms. The van der Waals surface area contributed by atoms with Crippen LogP contribution in [0.15, 0.2) is 95.0 Å². The van der Waals surface area contributed by atoms with E-state index >= 15 is 0 Å². The van der Waals surface area contributed by atoms with Crippen molar-refractivity contribution >= 4 is 68.4 Å². The van der Waals surface area contributed by atoms with Gasteiger partial charge < -0.3 is 9.40 Å². The fourth-order valence-corrected chi connectivity index (χ4v) is 5.94.